The Bertz CT molecular complexity index is 2650. The number of hydrogen-bond donors (Lipinski definition) is 2. The maximum absolute atomic E-state index is 8.99. The summed E-state index contributed by atoms with van der Waals surface area (Å²) in [5, 5.41) is 15.0. The van der Waals surface area contributed by atoms with Gasteiger partial charge in [-0.05, 0) is 89.2 Å². The van der Waals surface area contributed by atoms with Crippen molar-refractivity contribution in [1.29, 1.82) is 5.41 Å². The molecule has 5 nitrogen and oxygen atoms in total. The van der Waals surface area contributed by atoms with Gasteiger partial charge in [-0.25, -0.2) is 0 Å². The van der Waals surface area contributed by atoms with Crippen molar-refractivity contribution in [3.63, 3.8) is 0 Å². The highest BCUT2D eigenvalue weighted by Crippen LogP contribution is 2.41. The van der Waals surface area contributed by atoms with E-state index in [4.69, 9.17) is 14.9 Å². The van der Waals surface area contributed by atoms with Crippen molar-refractivity contribution in [3.05, 3.63) is 163 Å². The third-order valence-electron chi connectivity index (χ3n) is 10.5. The second kappa shape index (κ2) is 12.1. The molecule has 7 aromatic rings. The van der Waals surface area contributed by atoms with Gasteiger partial charge in [0.2, 0.25) is 0 Å². The number of para-hydroxylation sites is 4. The Balaban J connectivity index is 1.14. The van der Waals surface area contributed by atoms with Gasteiger partial charge in [0, 0.05) is 45.3 Å². The van der Waals surface area contributed by atoms with Crippen LogP contribution in [0.25, 0.3) is 44.3 Å². The number of fused-ring (bicyclic) bond motifs is 7. The number of dihydropyridines is 1. The molecule has 52 heavy (non-hydrogen) atoms. The van der Waals surface area contributed by atoms with E-state index < -0.39 is 0 Å². The van der Waals surface area contributed by atoms with Crippen molar-refractivity contribution in [3.8, 4) is 39.8 Å². The van der Waals surface area contributed by atoms with Crippen LogP contribution in [0.1, 0.15) is 24.5 Å². The lowest BCUT2D eigenvalue weighted by molar-refractivity contribution is 0.463. The summed E-state index contributed by atoms with van der Waals surface area (Å²) >= 11 is 0. The van der Waals surface area contributed by atoms with E-state index in [2.05, 4.69) is 144 Å². The summed E-state index contributed by atoms with van der Waals surface area (Å²) in [6.45, 7) is 2.73. The molecule has 0 unspecified atom stereocenters. The molecule has 0 fully saturated rings. The maximum atomic E-state index is 8.99. The molecule has 248 valence electrons. The van der Waals surface area contributed by atoms with Crippen LogP contribution in [0.2, 0.25) is 0 Å². The van der Waals surface area contributed by atoms with Gasteiger partial charge in [0.05, 0.1) is 16.7 Å². The van der Waals surface area contributed by atoms with Crippen LogP contribution in [0.3, 0.4) is 0 Å². The minimum atomic E-state index is -0.119. The highest BCUT2D eigenvalue weighted by Gasteiger charge is 2.42. The van der Waals surface area contributed by atoms with Crippen molar-refractivity contribution in [2.24, 2.45) is 0 Å². The van der Waals surface area contributed by atoms with Crippen molar-refractivity contribution >= 4 is 56.3 Å². The topological polar surface area (TPSA) is 59.3 Å². The molecule has 3 aliphatic heterocycles. The predicted octanol–water partition coefficient (Wildman–Crippen LogP) is 9.01. The Morgan fingerprint density at radius 1 is 0.769 bits per heavy atom. The smallest absolute Gasteiger partial charge is 0.260 e. The molecule has 6 aromatic carbocycles. The lowest BCUT2D eigenvalue weighted by Gasteiger charge is -2.35. The van der Waals surface area contributed by atoms with Gasteiger partial charge in [-0.3, -0.25) is 0 Å². The molecular weight excluding hydrogens is 637 g/mol. The number of nitrogens with zero attached hydrogens (tertiary/aromatic N) is 1. The first-order valence-electron chi connectivity index (χ1n) is 17.9. The summed E-state index contributed by atoms with van der Waals surface area (Å²) in [6, 6.07) is 42.8. The first kappa shape index (κ1) is 30.3. The molecular formula is C46H34BN3O2. The zero-order valence-corrected chi connectivity index (χ0v) is 28.7. The first-order chi connectivity index (χ1) is 25.7. The maximum Gasteiger partial charge on any atom is 0.260 e. The molecule has 0 saturated carbocycles. The van der Waals surface area contributed by atoms with Crippen LogP contribution in [0.15, 0.2) is 152 Å². The van der Waals surface area contributed by atoms with E-state index in [-0.39, 0.29) is 6.71 Å². The molecule has 0 bridgehead atoms. The van der Waals surface area contributed by atoms with Crippen LogP contribution in [-0.4, -0.2) is 23.5 Å². The van der Waals surface area contributed by atoms with E-state index in [1.54, 1.807) is 0 Å². The fraction of sp³-hybridized carbons (Fsp3) is 0.0652. The molecule has 2 N–H and O–H groups in total. The molecule has 0 atom stereocenters. The van der Waals surface area contributed by atoms with E-state index in [1.165, 1.54) is 21.8 Å². The Kier molecular flexibility index (Phi) is 7.03. The third kappa shape index (κ3) is 4.68. The van der Waals surface area contributed by atoms with Gasteiger partial charge in [0.15, 0.2) is 0 Å². The minimum Gasteiger partial charge on any atom is -0.458 e. The lowest BCUT2D eigenvalue weighted by atomic mass is 9.34. The first-order valence-corrected chi connectivity index (χ1v) is 17.9. The van der Waals surface area contributed by atoms with Gasteiger partial charge in [-0.15, -0.1) is 0 Å². The van der Waals surface area contributed by atoms with Gasteiger partial charge in [-0.2, -0.15) is 0 Å². The summed E-state index contributed by atoms with van der Waals surface area (Å²) in [6.07, 6.45) is 11.1. The Hall–Kier alpha value is -6.53. The lowest BCUT2D eigenvalue weighted by Crippen LogP contribution is -2.57. The Morgan fingerprint density at radius 3 is 2.13 bits per heavy atom. The average molecular weight is 672 g/mol. The summed E-state index contributed by atoms with van der Waals surface area (Å²) in [7, 11) is 0. The number of benzene rings is 6. The average Bonchev–Trinajstić information content (AvgIpc) is 3.54. The van der Waals surface area contributed by atoms with Crippen LogP contribution in [0.4, 0.5) is 0 Å². The zero-order valence-electron chi connectivity index (χ0n) is 28.7. The second-order valence-corrected chi connectivity index (χ2v) is 13.5. The Labute approximate surface area is 302 Å². The van der Waals surface area contributed by atoms with Crippen molar-refractivity contribution < 1.29 is 9.47 Å². The highest BCUT2D eigenvalue weighted by atomic mass is 16.5. The molecule has 0 saturated heterocycles. The van der Waals surface area contributed by atoms with Crippen LogP contribution in [0.5, 0.6) is 23.0 Å². The third-order valence-corrected chi connectivity index (χ3v) is 10.5. The van der Waals surface area contributed by atoms with Crippen LogP contribution >= 0.6 is 0 Å². The van der Waals surface area contributed by atoms with Crippen LogP contribution in [0, 0.1) is 5.41 Å². The molecule has 0 amide bonds. The number of rotatable bonds is 6. The quantitative estimate of drug-likeness (QED) is 0.137. The van der Waals surface area contributed by atoms with E-state index in [9.17, 15) is 0 Å². The predicted molar refractivity (Wildman–Crippen MR) is 215 cm³/mol. The molecule has 6 heteroatoms. The van der Waals surface area contributed by atoms with Gasteiger partial charge in [0.25, 0.3) is 6.71 Å². The fourth-order valence-electron chi connectivity index (χ4n) is 8.11. The van der Waals surface area contributed by atoms with Crippen LogP contribution in [-0.2, 0) is 0 Å². The monoisotopic (exact) mass is 671 g/mol. The zero-order chi connectivity index (χ0) is 34.8. The van der Waals surface area contributed by atoms with Gasteiger partial charge >= 0.3 is 0 Å². The molecule has 1 aromatic heterocycles. The molecule has 0 aliphatic carbocycles. The van der Waals surface area contributed by atoms with E-state index in [0.29, 0.717) is 5.71 Å². The molecule has 0 radical (unpaired) electrons. The Morgan fingerprint density at radius 2 is 1.44 bits per heavy atom. The van der Waals surface area contributed by atoms with E-state index >= 15 is 0 Å². The van der Waals surface area contributed by atoms with Crippen LogP contribution < -0.4 is 31.2 Å². The number of hydrogen-bond acceptors (Lipinski definition) is 4. The van der Waals surface area contributed by atoms with Crippen molar-refractivity contribution in [2.45, 2.75) is 13.3 Å². The molecule has 3 aliphatic rings. The summed E-state index contributed by atoms with van der Waals surface area (Å²) < 4.78 is 16.2. The fourth-order valence-corrected chi connectivity index (χ4v) is 8.11. The van der Waals surface area contributed by atoms with Crippen molar-refractivity contribution in [1.82, 2.24) is 9.88 Å². The van der Waals surface area contributed by atoms with Gasteiger partial charge in [0.1, 0.15) is 23.0 Å². The number of allylic oxidation sites excluding steroid dienone is 4. The summed E-state index contributed by atoms with van der Waals surface area (Å²) in [5.74, 6) is 3.11. The second-order valence-electron chi connectivity index (χ2n) is 13.5. The normalized spacial score (nSPS) is 13.9. The minimum absolute atomic E-state index is 0.119. The standard InChI is InChI=1S/C46H34BN3O2/c1-2-3-18-38(48)34-14-10-16-36-45(34)51-42-27-30(28-43-44(42)47(36)37-17-11-15-35(46(37)52-43)39-19-8-9-26-49-39)29-22-24-31(25-23-29)50-40-20-6-4-12-32(40)33-13-5-7-21-41(33)50/h3-25,27-28,48-49H,2,26H2,1H3/b18-3-,48-38?. The SMILES string of the molecule is CC/C=C\C(=N)c1cccc2c1Oc1cc(-c3ccc(-n4c5ccccc5c5ccccc54)cc3)cc3c1B2c1cccc(C2=CC=CCN2)c1O3. The largest absolute Gasteiger partial charge is 0.458 e. The van der Waals surface area contributed by atoms with Gasteiger partial charge in [-0.1, -0.05) is 97.9 Å². The molecule has 4 heterocycles. The summed E-state index contributed by atoms with van der Waals surface area (Å²) in [4.78, 5) is 0. The number of aromatic nitrogens is 1. The van der Waals surface area contributed by atoms with Crippen molar-refractivity contribution in [2.75, 3.05) is 6.54 Å². The summed E-state index contributed by atoms with van der Waals surface area (Å²) in [5.41, 5.74) is 11.9. The number of ether oxygens (including phenoxy) is 2. The van der Waals surface area contributed by atoms with E-state index in [0.717, 1.165) is 86.0 Å². The molecule has 10 rings (SSSR count). The number of nitrogens with one attached hydrogen (secondary N) is 2. The van der Waals surface area contributed by atoms with E-state index in [1.807, 2.05) is 24.3 Å². The molecule has 0 spiro atoms. The highest BCUT2D eigenvalue weighted by molar-refractivity contribution is 6.98. The van der Waals surface area contributed by atoms with Gasteiger partial charge < -0.3 is 24.8 Å².